The van der Waals surface area contributed by atoms with Gasteiger partial charge in [0.15, 0.2) is 5.69 Å². The average molecular weight is 250 g/mol. The van der Waals surface area contributed by atoms with Gasteiger partial charge in [0.05, 0.1) is 12.4 Å². The highest BCUT2D eigenvalue weighted by Gasteiger charge is 2.09. The van der Waals surface area contributed by atoms with Crippen LogP contribution in [0.1, 0.15) is 10.5 Å². The van der Waals surface area contributed by atoms with Gasteiger partial charge in [-0.1, -0.05) is 23.9 Å². The van der Waals surface area contributed by atoms with Crippen LogP contribution in [0.4, 0.5) is 4.39 Å². The molecule has 2 rings (SSSR count). The highest BCUT2D eigenvalue weighted by molar-refractivity contribution is 7.99. The van der Waals surface area contributed by atoms with Gasteiger partial charge >= 0.3 is 5.97 Å². The number of aromatic nitrogens is 2. The van der Waals surface area contributed by atoms with Gasteiger partial charge in [-0.05, 0) is 12.1 Å². The van der Waals surface area contributed by atoms with Gasteiger partial charge in [0.25, 0.3) is 0 Å². The average Bonchev–Trinajstić information content (AvgIpc) is 2.32. The molecular weight excluding hydrogens is 243 g/mol. The maximum Gasteiger partial charge on any atom is 0.356 e. The number of benzene rings is 1. The Balaban J connectivity index is 2.28. The third kappa shape index (κ3) is 2.79. The molecule has 0 aliphatic carbocycles. The lowest BCUT2D eigenvalue weighted by Gasteiger charge is -2.02. The predicted molar refractivity (Wildman–Crippen MR) is 59.5 cm³/mol. The van der Waals surface area contributed by atoms with Crippen LogP contribution in [0.2, 0.25) is 0 Å². The Morgan fingerprint density at radius 1 is 1.29 bits per heavy atom. The topological polar surface area (TPSA) is 63.1 Å². The van der Waals surface area contributed by atoms with Gasteiger partial charge in [0.2, 0.25) is 0 Å². The van der Waals surface area contributed by atoms with Gasteiger partial charge in [0, 0.05) is 4.90 Å². The summed E-state index contributed by atoms with van der Waals surface area (Å²) in [5.41, 5.74) is -0.161. The molecule has 0 fully saturated rings. The van der Waals surface area contributed by atoms with Crippen LogP contribution in [0.5, 0.6) is 0 Å². The smallest absolute Gasteiger partial charge is 0.356 e. The van der Waals surface area contributed by atoms with E-state index in [-0.39, 0.29) is 11.5 Å². The Morgan fingerprint density at radius 2 is 2.06 bits per heavy atom. The predicted octanol–water partition coefficient (Wildman–Crippen LogP) is 2.47. The zero-order chi connectivity index (χ0) is 12.3. The van der Waals surface area contributed by atoms with Crippen LogP contribution in [-0.4, -0.2) is 21.0 Å². The van der Waals surface area contributed by atoms with E-state index in [2.05, 4.69) is 9.97 Å². The minimum atomic E-state index is -1.16. The monoisotopic (exact) mass is 250 g/mol. The van der Waals surface area contributed by atoms with Gasteiger partial charge in [-0.2, -0.15) is 0 Å². The number of carboxylic acid groups (broad SMARTS) is 1. The summed E-state index contributed by atoms with van der Waals surface area (Å²) in [5, 5.41) is 9.09. The number of hydrogen-bond acceptors (Lipinski definition) is 4. The minimum Gasteiger partial charge on any atom is -0.476 e. The van der Waals surface area contributed by atoms with Crippen LogP contribution in [0.25, 0.3) is 0 Å². The summed E-state index contributed by atoms with van der Waals surface area (Å²) < 4.78 is 13.3. The van der Waals surface area contributed by atoms with Crippen LogP contribution >= 0.6 is 11.8 Å². The number of carboxylic acids is 1. The first kappa shape index (κ1) is 11.5. The number of nitrogens with zero attached hydrogens (tertiary/aromatic N) is 2. The zero-order valence-electron chi connectivity index (χ0n) is 8.50. The van der Waals surface area contributed by atoms with Crippen molar-refractivity contribution in [3.05, 3.63) is 48.2 Å². The molecule has 1 N–H and O–H groups in total. The highest BCUT2D eigenvalue weighted by atomic mass is 32.2. The Hall–Kier alpha value is -1.95. The summed E-state index contributed by atoms with van der Waals surface area (Å²) in [6, 6.07) is 6.20. The van der Waals surface area contributed by atoms with E-state index >= 15 is 0 Å². The fourth-order valence-corrected chi connectivity index (χ4v) is 1.94. The molecule has 0 aliphatic rings. The van der Waals surface area contributed by atoms with Crippen LogP contribution in [-0.2, 0) is 0 Å². The minimum absolute atomic E-state index is 0.161. The van der Waals surface area contributed by atoms with Crippen molar-refractivity contribution < 1.29 is 14.3 Å². The largest absolute Gasteiger partial charge is 0.476 e. The molecule has 0 amide bonds. The molecule has 0 saturated carbocycles. The van der Waals surface area contributed by atoms with Gasteiger partial charge in [-0.25, -0.2) is 14.2 Å². The van der Waals surface area contributed by atoms with Crippen molar-refractivity contribution in [3.8, 4) is 0 Å². The van der Waals surface area contributed by atoms with Gasteiger partial charge in [-0.15, -0.1) is 0 Å². The Morgan fingerprint density at radius 3 is 2.76 bits per heavy atom. The van der Waals surface area contributed by atoms with Crippen LogP contribution in [0.3, 0.4) is 0 Å². The van der Waals surface area contributed by atoms with Gasteiger partial charge in [-0.3, -0.25) is 4.98 Å². The first-order chi connectivity index (χ1) is 8.16. The van der Waals surface area contributed by atoms with E-state index in [1.165, 1.54) is 12.3 Å². The lowest BCUT2D eigenvalue weighted by atomic mass is 10.3. The van der Waals surface area contributed by atoms with Crippen molar-refractivity contribution >= 4 is 17.7 Å². The van der Waals surface area contributed by atoms with Crippen LogP contribution < -0.4 is 0 Å². The molecule has 2 aromatic rings. The van der Waals surface area contributed by atoms with Gasteiger partial charge < -0.3 is 5.11 Å². The van der Waals surface area contributed by atoms with E-state index in [0.29, 0.717) is 9.92 Å². The van der Waals surface area contributed by atoms with E-state index in [1.807, 2.05) is 0 Å². The first-order valence-electron chi connectivity index (χ1n) is 4.64. The SMILES string of the molecule is O=C(O)c1cncc(Sc2ccccc2F)n1. The van der Waals surface area contributed by atoms with Crippen molar-refractivity contribution in [2.75, 3.05) is 0 Å². The molecule has 0 spiro atoms. The Labute approximate surface area is 101 Å². The second kappa shape index (κ2) is 4.92. The maximum absolute atomic E-state index is 13.3. The Kier molecular flexibility index (Phi) is 3.34. The Bertz CT molecular complexity index is 563. The summed E-state index contributed by atoms with van der Waals surface area (Å²) in [7, 11) is 0. The zero-order valence-corrected chi connectivity index (χ0v) is 9.32. The summed E-state index contributed by atoms with van der Waals surface area (Å²) in [6.07, 6.45) is 2.54. The van der Waals surface area contributed by atoms with E-state index in [0.717, 1.165) is 18.0 Å². The van der Waals surface area contributed by atoms with Crippen molar-refractivity contribution in [1.82, 2.24) is 9.97 Å². The number of aromatic carboxylic acids is 1. The molecule has 1 heterocycles. The van der Waals surface area contributed by atoms with Crippen molar-refractivity contribution in [2.45, 2.75) is 9.92 Å². The second-order valence-corrected chi connectivity index (χ2v) is 4.14. The summed E-state index contributed by atoms with van der Waals surface area (Å²) in [5.74, 6) is -1.53. The lowest BCUT2D eigenvalue weighted by Crippen LogP contribution is -2.01. The standard InChI is InChI=1S/C11H7FN2O2S/c12-7-3-1-2-4-9(7)17-10-6-13-5-8(14-10)11(15)16/h1-6H,(H,15,16). The summed E-state index contributed by atoms with van der Waals surface area (Å²) in [4.78, 5) is 18.7. The fraction of sp³-hybridized carbons (Fsp3) is 0. The summed E-state index contributed by atoms with van der Waals surface area (Å²) in [6.45, 7) is 0. The molecule has 4 nitrogen and oxygen atoms in total. The molecule has 0 saturated heterocycles. The fourth-order valence-electron chi connectivity index (χ4n) is 1.14. The molecule has 1 aromatic carbocycles. The first-order valence-corrected chi connectivity index (χ1v) is 5.46. The quantitative estimate of drug-likeness (QED) is 0.906. The van der Waals surface area contributed by atoms with Crippen molar-refractivity contribution in [3.63, 3.8) is 0 Å². The highest BCUT2D eigenvalue weighted by Crippen LogP contribution is 2.27. The van der Waals surface area contributed by atoms with E-state index in [4.69, 9.17) is 5.11 Å². The van der Waals surface area contributed by atoms with E-state index in [1.54, 1.807) is 18.2 Å². The molecule has 0 radical (unpaired) electrons. The molecule has 86 valence electrons. The van der Waals surface area contributed by atoms with Crippen molar-refractivity contribution in [2.24, 2.45) is 0 Å². The van der Waals surface area contributed by atoms with E-state index in [9.17, 15) is 9.18 Å². The number of rotatable bonds is 3. The van der Waals surface area contributed by atoms with E-state index < -0.39 is 5.97 Å². The number of carbonyl (C=O) groups is 1. The number of hydrogen-bond donors (Lipinski definition) is 1. The molecule has 6 heteroatoms. The maximum atomic E-state index is 13.3. The van der Waals surface area contributed by atoms with Crippen LogP contribution in [0.15, 0.2) is 46.6 Å². The third-order valence-electron chi connectivity index (χ3n) is 1.88. The van der Waals surface area contributed by atoms with Gasteiger partial charge in [0.1, 0.15) is 10.8 Å². The molecule has 0 bridgehead atoms. The number of halogens is 1. The molecule has 1 aromatic heterocycles. The van der Waals surface area contributed by atoms with Crippen molar-refractivity contribution in [1.29, 1.82) is 0 Å². The molecule has 0 unspecified atom stereocenters. The van der Waals surface area contributed by atoms with Crippen LogP contribution in [0, 0.1) is 5.82 Å². The molecule has 0 aliphatic heterocycles. The lowest BCUT2D eigenvalue weighted by molar-refractivity contribution is 0.0689. The third-order valence-corrected chi connectivity index (χ3v) is 2.84. The summed E-state index contributed by atoms with van der Waals surface area (Å²) >= 11 is 1.03. The molecule has 17 heavy (non-hydrogen) atoms. The molecular formula is C11H7FN2O2S. The molecule has 0 atom stereocenters. The second-order valence-electron chi connectivity index (χ2n) is 3.08. The normalized spacial score (nSPS) is 10.2.